The van der Waals surface area contributed by atoms with Gasteiger partial charge in [-0.15, -0.1) is 0 Å². The van der Waals surface area contributed by atoms with E-state index in [-0.39, 0.29) is 63.6 Å². The van der Waals surface area contributed by atoms with Crippen molar-refractivity contribution in [2.45, 2.75) is 26.9 Å². The first-order valence-electron chi connectivity index (χ1n) is 4.02. The largest absolute Gasteiger partial charge is 1.00 e. The molecule has 0 aliphatic heterocycles. The van der Waals surface area contributed by atoms with E-state index in [0.717, 1.165) is 0 Å². The third-order valence-electron chi connectivity index (χ3n) is 1.87. The van der Waals surface area contributed by atoms with Crippen molar-refractivity contribution >= 4 is 5.97 Å². The van der Waals surface area contributed by atoms with Crippen molar-refractivity contribution in [3.8, 4) is 0 Å². The maximum atomic E-state index is 11.4. The summed E-state index contributed by atoms with van der Waals surface area (Å²) in [5, 5.41) is 10.3. The van der Waals surface area contributed by atoms with Crippen LogP contribution < -0.4 is 62.2 Å². The molecule has 0 fully saturated rings. The molecule has 0 aliphatic rings. The van der Waals surface area contributed by atoms with E-state index in [1.165, 1.54) is 9.13 Å². The second-order valence-corrected chi connectivity index (χ2v) is 2.80. The van der Waals surface area contributed by atoms with Crippen LogP contribution in [-0.2, 0) is 17.9 Å². The van der Waals surface area contributed by atoms with Crippen LogP contribution in [0.25, 0.3) is 0 Å². The van der Waals surface area contributed by atoms with Gasteiger partial charge >= 0.3 is 57.1 Å². The zero-order valence-electron chi connectivity index (χ0n) is 8.61. The maximum absolute atomic E-state index is 11.4. The summed E-state index contributed by atoms with van der Waals surface area (Å²) in [7, 11) is 0. The minimum atomic E-state index is -1.25. The van der Waals surface area contributed by atoms with Crippen molar-refractivity contribution < 1.29 is 61.3 Å². The van der Waals surface area contributed by atoms with Gasteiger partial charge in [0, 0.05) is 18.4 Å². The van der Waals surface area contributed by atoms with E-state index in [1.807, 2.05) is 6.92 Å². The van der Waals surface area contributed by atoms with Crippen molar-refractivity contribution in [1.82, 2.24) is 9.13 Å². The first kappa shape index (κ1) is 14.1. The van der Waals surface area contributed by atoms with Crippen LogP contribution in [0.4, 0.5) is 0 Å². The molecule has 1 aromatic heterocycles. The molecule has 0 bridgehead atoms. The third kappa shape index (κ3) is 3.06. The normalized spacial score (nSPS) is 9.57. The zero-order valence-corrected chi connectivity index (χ0v) is 11.7. The molecule has 0 saturated carbocycles. The summed E-state index contributed by atoms with van der Waals surface area (Å²) in [5.41, 5.74) is 0.334. The molecule has 0 atom stereocenters. The predicted octanol–water partition coefficient (Wildman–Crippen LogP) is -4.27. The Morgan fingerprint density at radius 2 is 2.14 bits per heavy atom. The number of rotatable bonds is 3. The number of nitrogens with zero attached hydrogens (tertiary/aromatic N) is 2. The molecule has 0 N–H and O–H groups in total. The first-order chi connectivity index (χ1) is 6.06. The molecule has 0 radical (unpaired) electrons. The number of aromatic nitrogens is 2. The number of hydrogen-bond acceptors (Lipinski definition) is 3. The van der Waals surface area contributed by atoms with Crippen LogP contribution in [0.5, 0.6) is 0 Å². The fourth-order valence-electron chi connectivity index (χ4n) is 1.20. The van der Waals surface area contributed by atoms with Gasteiger partial charge in [0.2, 0.25) is 0 Å². The summed E-state index contributed by atoms with van der Waals surface area (Å²) in [5.74, 6) is -1.25. The van der Waals surface area contributed by atoms with Gasteiger partial charge in [0.1, 0.15) is 0 Å². The minimum absolute atomic E-state index is 0. The van der Waals surface area contributed by atoms with Crippen LogP contribution >= 0.6 is 0 Å². The van der Waals surface area contributed by atoms with Gasteiger partial charge in [-0.05, 0) is 13.8 Å². The predicted molar refractivity (Wildman–Crippen MR) is 44.1 cm³/mol. The van der Waals surface area contributed by atoms with Crippen molar-refractivity contribution in [1.29, 1.82) is 0 Å². The van der Waals surface area contributed by atoms with Crippen LogP contribution in [0.2, 0.25) is 0 Å². The number of aliphatic carboxylic acids is 1. The van der Waals surface area contributed by atoms with Gasteiger partial charge in [-0.2, -0.15) is 0 Å². The van der Waals surface area contributed by atoms with Crippen LogP contribution in [0.1, 0.15) is 12.6 Å². The number of hydrogen-bond donors (Lipinski definition) is 0. The fraction of sp³-hybridized carbons (Fsp3) is 0.500. The second kappa shape index (κ2) is 5.87. The molecule has 5 nitrogen and oxygen atoms in total. The smallest absolute Gasteiger partial charge is 0.548 e. The van der Waals surface area contributed by atoms with Gasteiger partial charge in [0.05, 0.1) is 12.5 Å². The van der Waals surface area contributed by atoms with Gasteiger partial charge in [-0.1, -0.05) is 0 Å². The van der Waals surface area contributed by atoms with E-state index in [1.54, 1.807) is 13.1 Å². The molecule has 0 unspecified atom stereocenters. The Hall–Kier alpha value is 0.116. The number of imidazole rings is 1. The summed E-state index contributed by atoms with van der Waals surface area (Å²) in [6, 6.07) is 0. The van der Waals surface area contributed by atoms with Gasteiger partial charge < -0.3 is 9.90 Å². The van der Waals surface area contributed by atoms with Crippen LogP contribution in [0.15, 0.2) is 11.0 Å². The SMILES string of the molecule is CCn1cc(C)n(CC(=O)[O-])c1=O.[K+]. The van der Waals surface area contributed by atoms with Gasteiger partial charge in [-0.25, -0.2) is 4.79 Å². The quantitative estimate of drug-likeness (QED) is 0.486. The molecule has 1 aromatic rings. The Morgan fingerprint density at radius 1 is 1.57 bits per heavy atom. The zero-order chi connectivity index (χ0) is 10.0. The van der Waals surface area contributed by atoms with Crippen LogP contribution in [0.3, 0.4) is 0 Å². The monoisotopic (exact) mass is 222 g/mol. The maximum Gasteiger partial charge on any atom is 1.00 e. The molecule has 0 amide bonds. The number of carbonyl (C=O) groups is 1. The van der Waals surface area contributed by atoms with E-state index < -0.39 is 5.97 Å². The molecule has 0 saturated heterocycles. The van der Waals surface area contributed by atoms with E-state index >= 15 is 0 Å². The van der Waals surface area contributed by atoms with Crippen molar-refractivity contribution in [3.63, 3.8) is 0 Å². The molecule has 0 aromatic carbocycles. The minimum Gasteiger partial charge on any atom is -0.548 e. The third-order valence-corrected chi connectivity index (χ3v) is 1.87. The Bertz CT molecular complexity index is 380. The van der Waals surface area contributed by atoms with E-state index in [0.29, 0.717) is 12.2 Å². The average molecular weight is 222 g/mol. The average Bonchev–Trinajstić information content (AvgIpc) is 2.31. The van der Waals surface area contributed by atoms with Gasteiger partial charge in [-0.3, -0.25) is 9.13 Å². The van der Waals surface area contributed by atoms with Crippen LogP contribution in [-0.4, -0.2) is 15.1 Å². The Kier molecular flexibility index (Phi) is 5.92. The Labute approximate surface area is 124 Å². The van der Waals surface area contributed by atoms with Crippen molar-refractivity contribution in [3.05, 3.63) is 22.4 Å². The molecule has 6 heteroatoms. The Balaban J connectivity index is 0.00000169. The molecular weight excluding hydrogens is 211 g/mol. The number of carboxylic acids is 1. The van der Waals surface area contributed by atoms with Crippen molar-refractivity contribution in [2.75, 3.05) is 0 Å². The van der Waals surface area contributed by atoms with E-state index in [4.69, 9.17) is 0 Å². The summed E-state index contributed by atoms with van der Waals surface area (Å²) in [4.78, 5) is 21.7. The molecule has 1 heterocycles. The summed E-state index contributed by atoms with van der Waals surface area (Å²) in [6.07, 6.45) is 1.63. The van der Waals surface area contributed by atoms with E-state index in [9.17, 15) is 14.7 Å². The van der Waals surface area contributed by atoms with Gasteiger partial charge in [0.15, 0.2) is 0 Å². The van der Waals surface area contributed by atoms with E-state index in [2.05, 4.69) is 0 Å². The molecule has 0 spiro atoms. The standard InChI is InChI=1S/C8H12N2O3.K/c1-3-9-4-6(2)10(8(9)13)5-7(11)12;/h4H,3,5H2,1-2H3,(H,11,12);/q;+1/p-1. The molecule has 0 aliphatic carbocycles. The molecule has 1 rings (SSSR count). The first-order valence-corrected chi connectivity index (χ1v) is 4.02. The Morgan fingerprint density at radius 3 is 2.50 bits per heavy atom. The summed E-state index contributed by atoms with van der Waals surface area (Å²) in [6.45, 7) is 3.68. The molecular formula is C8H11KN2O3. The number of carboxylic acid groups (broad SMARTS) is 1. The number of aryl methyl sites for hydroxylation is 2. The number of carbonyl (C=O) groups excluding carboxylic acids is 1. The summed E-state index contributed by atoms with van der Waals surface area (Å²) >= 11 is 0. The molecule has 14 heavy (non-hydrogen) atoms. The summed E-state index contributed by atoms with van der Waals surface area (Å²) < 4.78 is 2.64. The molecule has 72 valence electrons. The van der Waals surface area contributed by atoms with Crippen LogP contribution in [0, 0.1) is 6.92 Å². The second-order valence-electron chi connectivity index (χ2n) is 2.80. The topological polar surface area (TPSA) is 67.1 Å². The van der Waals surface area contributed by atoms with Crippen molar-refractivity contribution in [2.24, 2.45) is 0 Å². The van der Waals surface area contributed by atoms with Gasteiger partial charge in [0.25, 0.3) is 0 Å². The fourth-order valence-corrected chi connectivity index (χ4v) is 1.20.